The van der Waals surface area contributed by atoms with E-state index in [0.29, 0.717) is 6.54 Å². The van der Waals surface area contributed by atoms with Crippen LogP contribution in [0.5, 0.6) is 0 Å². The molecule has 1 aliphatic heterocycles. The van der Waals surface area contributed by atoms with Gasteiger partial charge in [0.25, 0.3) is 0 Å². The van der Waals surface area contributed by atoms with Crippen LogP contribution in [0, 0.1) is 0 Å². The Morgan fingerprint density at radius 1 is 1.27 bits per heavy atom. The van der Waals surface area contributed by atoms with Gasteiger partial charge in [0.15, 0.2) is 0 Å². The average molecular weight is 204 g/mol. The zero-order valence-electron chi connectivity index (χ0n) is 8.76. The monoisotopic (exact) mass is 204 g/mol. The molecule has 0 fully saturated rings. The molecule has 1 N–H and O–H groups in total. The molecule has 0 saturated heterocycles. The SMILES string of the molecule is OCCN1CCN=C1Cc1ccccc1. The summed E-state index contributed by atoms with van der Waals surface area (Å²) < 4.78 is 0. The van der Waals surface area contributed by atoms with Crippen molar-refractivity contribution in [3.8, 4) is 0 Å². The fourth-order valence-corrected chi connectivity index (χ4v) is 1.84. The first-order valence-electron chi connectivity index (χ1n) is 5.33. The highest BCUT2D eigenvalue weighted by molar-refractivity contribution is 5.85. The number of nitrogens with zero attached hydrogens (tertiary/aromatic N) is 2. The van der Waals surface area contributed by atoms with Crippen LogP contribution in [0.15, 0.2) is 35.3 Å². The molecular formula is C12H16N2O. The lowest BCUT2D eigenvalue weighted by molar-refractivity contribution is 0.255. The minimum absolute atomic E-state index is 0.202. The van der Waals surface area contributed by atoms with Gasteiger partial charge in [0.2, 0.25) is 0 Å². The van der Waals surface area contributed by atoms with Crippen LogP contribution in [0.3, 0.4) is 0 Å². The van der Waals surface area contributed by atoms with Gasteiger partial charge in [0, 0.05) is 19.5 Å². The molecule has 15 heavy (non-hydrogen) atoms. The number of β-amino-alcohol motifs (C(OH)–C–C–N with tert-alkyl or cyclic N) is 1. The minimum atomic E-state index is 0.202. The van der Waals surface area contributed by atoms with Crippen LogP contribution in [0.25, 0.3) is 0 Å². The van der Waals surface area contributed by atoms with Crippen LogP contribution >= 0.6 is 0 Å². The molecule has 3 heteroatoms. The van der Waals surface area contributed by atoms with Crippen molar-refractivity contribution in [2.45, 2.75) is 6.42 Å². The molecular weight excluding hydrogens is 188 g/mol. The Morgan fingerprint density at radius 3 is 2.80 bits per heavy atom. The minimum Gasteiger partial charge on any atom is -0.395 e. The van der Waals surface area contributed by atoms with Gasteiger partial charge in [-0.15, -0.1) is 0 Å². The van der Waals surface area contributed by atoms with Crippen molar-refractivity contribution < 1.29 is 5.11 Å². The second-order valence-corrected chi connectivity index (χ2v) is 3.67. The molecule has 0 bridgehead atoms. The first kappa shape index (κ1) is 10.2. The molecule has 0 amide bonds. The Kier molecular flexibility index (Phi) is 3.35. The Labute approximate surface area is 90.1 Å². The Balaban J connectivity index is 2.00. The first-order valence-corrected chi connectivity index (χ1v) is 5.33. The number of aliphatic hydroxyl groups is 1. The van der Waals surface area contributed by atoms with Crippen molar-refractivity contribution in [2.24, 2.45) is 4.99 Å². The predicted octanol–water partition coefficient (Wildman–Crippen LogP) is 0.935. The average Bonchev–Trinajstić information content (AvgIpc) is 2.68. The second-order valence-electron chi connectivity index (χ2n) is 3.67. The predicted molar refractivity (Wildman–Crippen MR) is 61.1 cm³/mol. The zero-order valence-corrected chi connectivity index (χ0v) is 8.76. The molecule has 0 saturated carbocycles. The molecule has 3 nitrogen and oxygen atoms in total. The van der Waals surface area contributed by atoms with Crippen LogP contribution < -0.4 is 0 Å². The maximum absolute atomic E-state index is 8.91. The van der Waals surface area contributed by atoms with Crippen LogP contribution in [-0.2, 0) is 6.42 Å². The Bertz CT molecular complexity index is 335. The third kappa shape index (κ3) is 2.57. The van der Waals surface area contributed by atoms with Crippen LogP contribution in [0.2, 0.25) is 0 Å². The number of hydrogen-bond donors (Lipinski definition) is 1. The van der Waals surface area contributed by atoms with E-state index >= 15 is 0 Å². The summed E-state index contributed by atoms with van der Waals surface area (Å²) in [7, 11) is 0. The van der Waals surface area contributed by atoms with Gasteiger partial charge in [-0.25, -0.2) is 0 Å². The highest BCUT2D eigenvalue weighted by Crippen LogP contribution is 2.08. The largest absolute Gasteiger partial charge is 0.395 e. The summed E-state index contributed by atoms with van der Waals surface area (Å²) in [6.45, 7) is 2.71. The van der Waals surface area contributed by atoms with Gasteiger partial charge in [-0.05, 0) is 5.56 Å². The van der Waals surface area contributed by atoms with Crippen LogP contribution in [-0.4, -0.2) is 42.1 Å². The van der Waals surface area contributed by atoms with E-state index in [4.69, 9.17) is 5.11 Å². The van der Waals surface area contributed by atoms with E-state index in [1.807, 2.05) is 18.2 Å². The van der Waals surface area contributed by atoms with E-state index in [1.54, 1.807) is 0 Å². The molecule has 0 aliphatic carbocycles. The molecule has 1 aromatic rings. The van der Waals surface area contributed by atoms with Gasteiger partial charge in [-0.1, -0.05) is 30.3 Å². The van der Waals surface area contributed by atoms with Crippen molar-refractivity contribution in [2.75, 3.05) is 26.2 Å². The van der Waals surface area contributed by atoms with Crippen molar-refractivity contribution in [1.82, 2.24) is 4.90 Å². The topological polar surface area (TPSA) is 35.8 Å². The van der Waals surface area contributed by atoms with Gasteiger partial charge >= 0.3 is 0 Å². The number of aliphatic imine (C=N–C) groups is 1. The second kappa shape index (κ2) is 4.94. The highest BCUT2D eigenvalue weighted by atomic mass is 16.3. The molecule has 0 spiro atoms. The smallest absolute Gasteiger partial charge is 0.104 e. The van der Waals surface area contributed by atoms with Gasteiger partial charge in [-0.2, -0.15) is 0 Å². The summed E-state index contributed by atoms with van der Waals surface area (Å²) in [4.78, 5) is 6.62. The van der Waals surface area contributed by atoms with E-state index in [1.165, 1.54) is 5.56 Å². The van der Waals surface area contributed by atoms with Crippen LogP contribution in [0.4, 0.5) is 0 Å². The first-order chi connectivity index (χ1) is 7.40. The number of amidine groups is 1. The molecule has 80 valence electrons. The number of rotatable bonds is 4. The van der Waals surface area contributed by atoms with Crippen molar-refractivity contribution >= 4 is 5.84 Å². The number of benzene rings is 1. The van der Waals surface area contributed by atoms with E-state index in [-0.39, 0.29) is 6.61 Å². The summed E-state index contributed by atoms with van der Waals surface area (Å²) >= 11 is 0. The van der Waals surface area contributed by atoms with Crippen molar-refractivity contribution in [3.63, 3.8) is 0 Å². The fraction of sp³-hybridized carbons (Fsp3) is 0.417. The summed E-state index contributed by atoms with van der Waals surface area (Å²) in [6.07, 6.45) is 0.876. The van der Waals surface area contributed by atoms with E-state index < -0.39 is 0 Å². The lowest BCUT2D eigenvalue weighted by Gasteiger charge is -2.18. The number of aliphatic hydroxyl groups excluding tert-OH is 1. The van der Waals surface area contributed by atoms with E-state index in [2.05, 4.69) is 22.0 Å². The third-order valence-electron chi connectivity index (χ3n) is 2.60. The Morgan fingerprint density at radius 2 is 2.07 bits per heavy atom. The molecule has 0 aromatic heterocycles. The van der Waals surface area contributed by atoms with Gasteiger partial charge in [-0.3, -0.25) is 4.99 Å². The van der Waals surface area contributed by atoms with Crippen molar-refractivity contribution in [3.05, 3.63) is 35.9 Å². The fourth-order valence-electron chi connectivity index (χ4n) is 1.84. The lowest BCUT2D eigenvalue weighted by atomic mass is 10.1. The standard InChI is InChI=1S/C12H16N2O/c15-9-8-14-7-6-13-12(14)10-11-4-2-1-3-5-11/h1-5,15H,6-10H2. The molecule has 0 unspecified atom stereocenters. The highest BCUT2D eigenvalue weighted by Gasteiger charge is 2.15. The zero-order chi connectivity index (χ0) is 10.5. The molecule has 2 rings (SSSR count). The summed E-state index contributed by atoms with van der Waals surface area (Å²) in [5.41, 5.74) is 1.28. The maximum atomic E-state index is 8.91. The van der Waals surface area contributed by atoms with Gasteiger partial charge in [0.05, 0.1) is 13.2 Å². The molecule has 1 aromatic carbocycles. The molecule has 0 radical (unpaired) electrons. The van der Waals surface area contributed by atoms with Gasteiger partial charge in [0.1, 0.15) is 5.84 Å². The third-order valence-corrected chi connectivity index (χ3v) is 2.60. The quantitative estimate of drug-likeness (QED) is 0.792. The molecule has 1 aliphatic rings. The molecule has 0 atom stereocenters. The summed E-state index contributed by atoms with van der Waals surface area (Å²) in [5, 5.41) is 8.91. The normalized spacial score (nSPS) is 15.5. The van der Waals surface area contributed by atoms with E-state index in [9.17, 15) is 0 Å². The van der Waals surface area contributed by atoms with Crippen LogP contribution in [0.1, 0.15) is 5.56 Å². The Hall–Kier alpha value is -1.35. The van der Waals surface area contributed by atoms with E-state index in [0.717, 1.165) is 25.3 Å². The molecule has 1 heterocycles. The number of hydrogen-bond acceptors (Lipinski definition) is 3. The summed E-state index contributed by atoms with van der Waals surface area (Å²) in [5.74, 6) is 1.11. The summed E-state index contributed by atoms with van der Waals surface area (Å²) in [6, 6.07) is 10.3. The van der Waals surface area contributed by atoms with Crippen molar-refractivity contribution in [1.29, 1.82) is 0 Å². The maximum Gasteiger partial charge on any atom is 0.104 e. The van der Waals surface area contributed by atoms with Gasteiger partial charge < -0.3 is 10.0 Å². The lowest BCUT2D eigenvalue weighted by Crippen LogP contribution is -2.31.